The molecule has 1 aliphatic rings. The molecule has 1 saturated carbocycles. The molecule has 0 radical (unpaired) electrons. The van der Waals surface area contributed by atoms with Crippen molar-refractivity contribution >= 4 is 5.82 Å². The topological polar surface area (TPSA) is 42.1 Å². The summed E-state index contributed by atoms with van der Waals surface area (Å²) in [4.78, 5) is 5.69. The second kappa shape index (κ2) is 4.18. The minimum absolute atomic E-state index is 0.153. The minimum atomic E-state index is -4.10. The van der Waals surface area contributed by atoms with Crippen LogP contribution in [0, 0.1) is 5.92 Å². The Morgan fingerprint density at radius 1 is 1.47 bits per heavy atom. The van der Waals surface area contributed by atoms with Crippen LogP contribution < -0.4 is 10.6 Å². The largest absolute Gasteiger partial charge is 0.393 e. The molecule has 0 spiro atoms. The standard InChI is InChI=1S/C11H14F3N3/c1-17(9-4-8(9)11(12,13)14)10-3-2-7(5-15)6-16-10/h2-3,6,8-9H,4-5,15H2,1H3/t8-,9-/m0/s1. The first-order chi connectivity index (χ1) is 7.93. The van der Waals surface area contributed by atoms with E-state index in [0.717, 1.165) is 5.56 Å². The summed E-state index contributed by atoms with van der Waals surface area (Å²) in [5, 5.41) is 0. The van der Waals surface area contributed by atoms with Gasteiger partial charge in [-0.05, 0) is 18.1 Å². The average Bonchev–Trinajstić information content (AvgIpc) is 3.08. The van der Waals surface area contributed by atoms with Gasteiger partial charge in [-0.25, -0.2) is 4.98 Å². The molecule has 0 aromatic carbocycles. The zero-order valence-corrected chi connectivity index (χ0v) is 9.41. The molecule has 0 saturated heterocycles. The van der Waals surface area contributed by atoms with Gasteiger partial charge in [0.05, 0.1) is 5.92 Å². The molecule has 0 aliphatic heterocycles. The SMILES string of the molecule is CN(c1ccc(CN)cn1)[C@H]1C[C@@H]1C(F)(F)F. The maximum Gasteiger partial charge on any atom is 0.393 e. The van der Waals surface area contributed by atoms with Crippen molar-refractivity contribution in [3.8, 4) is 0 Å². The number of rotatable bonds is 3. The van der Waals surface area contributed by atoms with E-state index in [1.165, 1.54) is 0 Å². The highest BCUT2D eigenvalue weighted by Crippen LogP contribution is 2.47. The monoisotopic (exact) mass is 245 g/mol. The van der Waals surface area contributed by atoms with Gasteiger partial charge in [-0.1, -0.05) is 6.07 Å². The number of nitrogens with two attached hydrogens (primary N) is 1. The van der Waals surface area contributed by atoms with Gasteiger partial charge in [-0.15, -0.1) is 0 Å². The van der Waals surface area contributed by atoms with Gasteiger partial charge < -0.3 is 10.6 Å². The van der Waals surface area contributed by atoms with E-state index in [2.05, 4.69) is 4.98 Å². The van der Waals surface area contributed by atoms with Crippen molar-refractivity contribution in [1.29, 1.82) is 0 Å². The molecule has 17 heavy (non-hydrogen) atoms. The van der Waals surface area contributed by atoms with Crippen LogP contribution in [0.2, 0.25) is 0 Å². The normalized spacial score (nSPS) is 23.6. The lowest BCUT2D eigenvalue weighted by molar-refractivity contribution is -0.148. The van der Waals surface area contributed by atoms with Gasteiger partial charge in [-0.3, -0.25) is 0 Å². The first kappa shape index (κ1) is 12.2. The molecule has 0 amide bonds. The molecule has 1 fully saturated rings. The van der Waals surface area contributed by atoms with Crippen LogP contribution in [0.3, 0.4) is 0 Å². The maximum atomic E-state index is 12.4. The molecule has 3 nitrogen and oxygen atoms in total. The number of hydrogen-bond acceptors (Lipinski definition) is 3. The average molecular weight is 245 g/mol. The van der Waals surface area contributed by atoms with Gasteiger partial charge in [0.15, 0.2) is 0 Å². The van der Waals surface area contributed by atoms with Crippen molar-refractivity contribution in [3.63, 3.8) is 0 Å². The van der Waals surface area contributed by atoms with Gasteiger partial charge in [0, 0.05) is 25.8 Å². The van der Waals surface area contributed by atoms with E-state index in [1.807, 2.05) is 0 Å². The van der Waals surface area contributed by atoms with E-state index in [0.29, 0.717) is 12.4 Å². The van der Waals surface area contributed by atoms with E-state index >= 15 is 0 Å². The Labute approximate surface area is 97.4 Å². The number of hydrogen-bond donors (Lipinski definition) is 1. The summed E-state index contributed by atoms with van der Waals surface area (Å²) in [6.45, 7) is 0.381. The van der Waals surface area contributed by atoms with E-state index < -0.39 is 18.1 Å². The van der Waals surface area contributed by atoms with Gasteiger partial charge >= 0.3 is 6.18 Å². The predicted molar refractivity (Wildman–Crippen MR) is 58.5 cm³/mol. The quantitative estimate of drug-likeness (QED) is 0.884. The fraction of sp³-hybridized carbons (Fsp3) is 0.545. The van der Waals surface area contributed by atoms with Crippen molar-refractivity contribution in [2.75, 3.05) is 11.9 Å². The Hall–Kier alpha value is -1.30. The van der Waals surface area contributed by atoms with Gasteiger partial charge in [0.1, 0.15) is 5.82 Å². The fourth-order valence-corrected chi connectivity index (χ4v) is 1.88. The third kappa shape index (κ3) is 2.52. The highest BCUT2D eigenvalue weighted by molar-refractivity contribution is 5.42. The lowest BCUT2D eigenvalue weighted by atomic mass is 10.3. The van der Waals surface area contributed by atoms with Crippen LogP contribution >= 0.6 is 0 Å². The van der Waals surface area contributed by atoms with Crippen LogP contribution in [0.25, 0.3) is 0 Å². The van der Waals surface area contributed by atoms with Crippen molar-refractivity contribution in [3.05, 3.63) is 23.9 Å². The van der Waals surface area contributed by atoms with Crippen LogP contribution in [0.4, 0.5) is 19.0 Å². The summed E-state index contributed by atoms with van der Waals surface area (Å²) in [6.07, 6.45) is -2.35. The van der Waals surface area contributed by atoms with E-state index in [1.54, 1.807) is 30.3 Å². The Bertz CT molecular complexity index is 388. The third-order valence-corrected chi connectivity index (χ3v) is 3.08. The number of aromatic nitrogens is 1. The van der Waals surface area contributed by atoms with Crippen LogP contribution in [-0.4, -0.2) is 24.2 Å². The summed E-state index contributed by atoms with van der Waals surface area (Å²) >= 11 is 0. The second-order valence-electron chi connectivity index (χ2n) is 4.29. The Balaban J connectivity index is 2.04. The van der Waals surface area contributed by atoms with E-state index in [-0.39, 0.29) is 6.42 Å². The molecule has 0 unspecified atom stereocenters. The van der Waals surface area contributed by atoms with Crippen molar-refractivity contribution in [1.82, 2.24) is 4.98 Å². The number of pyridine rings is 1. The molecule has 1 aliphatic carbocycles. The summed E-state index contributed by atoms with van der Waals surface area (Å²) in [6, 6.07) is 3.00. The second-order valence-corrected chi connectivity index (χ2v) is 4.29. The molecule has 2 rings (SSSR count). The van der Waals surface area contributed by atoms with Crippen molar-refractivity contribution in [2.24, 2.45) is 11.7 Å². The summed E-state index contributed by atoms with van der Waals surface area (Å²) in [7, 11) is 1.64. The smallest absolute Gasteiger partial charge is 0.356 e. The number of alkyl halides is 3. The predicted octanol–water partition coefficient (Wildman–Crippen LogP) is 1.93. The van der Waals surface area contributed by atoms with Crippen LogP contribution in [0.15, 0.2) is 18.3 Å². The fourth-order valence-electron chi connectivity index (χ4n) is 1.88. The first-order valence-corrected chi connectivity index (χ1v) is 5.38. The molecule has 94 valence electrons. The highest BCUT2D eigenvalue weighted by Gasteiger charge is 2.57. The zero-order valence-electron chi connectivity index (χ0n) is 9.41. The molecular weight excluding hydrogens is 231 g/mol. The molecule has 2 N–H and O–H groups in total. The van der Waals surface area contributed by atoms with Gasteiger partial charge in [0.2, 0.25) is 0 Å². The van der Waals surface area contributed by atoms with Gasteiger partial charge in [0.25, 0.3) is 0 Å². The van der Waals surface area contributed by atoms with Gasteiger partial charge in [-0.2, -0.15) is 13.2 Å². The van der Waals surface area contributed by atoms with Crippen LogP contribution in [0.5, 0.6) is 0 Å². The highest BCUT2D eigenvalue weighted by atomic mass is 19.4. The minimum Gasteiger partial charge on any atom is -0.356 e. The van der Waals surface area contributed by atoms with Crippen LogP contribution in [-0.2, 0) is 6.54 Å². The third-order valence-electron chi connectivity index (χ3n) is 3.08. The molecule has 1 aromatic rings. The Kier molecular flexibility index (Phi) is 2.99. The van der Waals surface area contributed by atoms with Crippen molar-refractivity contribution in [2.45, 2.75) is 25.2 Å². The number of halogens is 3. The van der Waals surface area contributed by atoms with E-state index in [9.17, 15) is 13.2 Å². The maximum absolute atomic E-state index is 12.4. The van der Waals surface area contributed by atoms with Crippen molar-refractivity contribution < 1.29 is 13.2 Å². The summed E-state index contributed by atoms with van der Waals surface area (Å²) in [5.41, 5.74) is 6.29. The Morgan fingerprint density at radius 3 is 2.59 bits per heavy atom. The molecular formula is C11H14F3N3. The molecule has 0 bridgehead atoms. The molecule has 1 aromatic heterocycles. The lowest BCUT2D eigenvalue weighted by Gasteiger charge is -2.19. The van der Waals surface area contributed by atoms with E-state index in [4.69, 9.17) is 5.73 Å². The molecule has 2 atom stereocenters. The zero-order chi connectivity index (χ0) is 12.6. The molecule has 6 heteroatoms. The summed E-state index contributed by atoms with van der Waals surface area (Å²) in [5.74, 6) is -0.664. The Morgan fingerprint density at radius 2 is 2.18 bits per heavy atom. The lowest BCUT2D eigenvalue weighted by Crippen LogP contribution is -2.26. The van der Waals surface area contributed by atoms with Crippen LogP contribution in [0.1, 0.15) is 12.0 Å². The number of nitrogens with zero attached hydrogens (tertiary/aromatic N) is 2. The summed E-state index contributed by atoms with van der Waals surface area (Å²) < 4.78 is 37.3. The number of anilines is 1. The first-order valence-electron chi connectivity index (χ1n) is 5.38. The molecule has 1 heterocycles.